The van der Waals surface area contributed by atoms with Gasteiger partial charge in [0.1, 0.15) is 5.75 Å². The Hall–Kier alpha value is -1.76. The van der Waals surface area contributed by atoms with E-state index in [1.54, 1.807) is 12.1 Å². The third kappa shape index (κ3) is 5.55. The van der Waals surface area contributed by atoms with E-state index >= 15 is 0 Å². The number of benzene rings is 2. The summed E-state index contributed by atoms with van der Waals surface area (Å²) in [6.07, 6.45) is 5.54. The maximum absolute atomic E-state index is 9.29. The van der Waals surface area contributed by atoms with Crippen molar-refractivity contribution in [1.29, 1.82) is 0 Å². The van der Waals surface area contributed by atoms with Crippen molar-refractivity contribution < 1.29 is 5.11 Å². The van der Waals surface area contributed by atoms with Crippen LogP contribution in [-0.4, -0.2) is 5.11 Å². The van der Waals surface area contributed by atoms with Crippen LogP contribution in [0, 0.1) is 0 Å². The molecule has 1 heteroatoms. The van der Waals surface area contributed by atoms with Gasteiger partial charge in [0.25, 0.3) is 0 Å². The molecule has 120 valence electrons. The van der Waals surface area contributed by atoms with Gasteiger partial charge in [-0.2, -0.15) is 0 Å². The van der Waals surface area contributed by atoms with Gasteiger partial charge in [-0.05, 0) is 23.3 Å². The molecule has 0 heterocycles. The van der Waals surface area contributed by atoms with Gasteiger partial charge in [-0.15, -0.1) is 0 Å². The summed E-state index contributed by atoms with van der Waals surface area (Å²) in [6, 6.07) is 17.8. The lowest BCUT2D eigenvalue weighted by Gasteiger charge is -2.26. The van der Waals surface area contributed by atoms with Crippen LogP contribution in [0.5, 0.6) is 5.75 Å². The quantitative estimate of drug-likeness (QED) is 0.642. The molecule has 1 nitrogen and oxygen atoms in total. The van der Waals surface area contributed by atoms with E-state index in [1.807, 2.05) is 18.2 Å². The number of hydrogen-bond donors (Lipinski definition) is 1. The molecular formula is C21H30O. The smallest absolute Gasteiger partial charge is 0.115 e. The number of phenols is 1. The van der Waals surface area contributed by atoms with Gasteiger partial charge in [-0.3, -0.25) is 0 Å². The molecule has 2 rings (SSSR count). The van der Waals surface area contributed by atoms with Crippen LogP contribution in [-0.2, 0) is 5.41 Å². The maximum atomic E-state index is 9.29. The van der Waals surface area contributed by atoms with Crippen LogP contribution in [0.2, 0.25) is 0 Å². The summed E-state index contributed by atoms with van der Waals surface area (Å²) >= 11 is 0. The van der Waals surface area contributed by atoms with E-state index in [9.17, 15) is 5.11 Å². The lowest BCUT2D eigenvalue weighted by Crippen LogP contribution is -2.18. The summed E-state index contributed by atoms with van der Waals surface area (Å²) in [7, 11) is 0. The first kappa shape index (κ1) is 18.3. The highest BCUT2D eigenvalue weighted by molar-refractivity contribution is 5.39. The summed E-state index contributed by atoms with van der Waals surface area (Å²) < 4.78 is 0. The van der Waals surface area contributed by atoms with Gasteiger partial charge in [-0.1, -0.05) is 95.8 Å². The molecule has 0 aliphatic rings. The molecule has 0 aliphatic heterocycles. The average molecular weight is 298 g/mol. The van der Waals surface area contributed by atoms with Crippen LogP contribution in [0.1, 0.15) is 64.5 Å². The molecule has 0 fully saturated rings. The first-order valence-corrected chi connectivity index (χ1v) is 8.37. The summed E-state index contributed by atoms with van der Waals surface area (Å²) in [5.74, 6) is 0.313. The molecule has 2 aromatic carbocycles. The molecule has 2 aromatic rings. The van der Waals surface area contributed by atoms with Crippen molar-refractivity contribution in [2.75, 3.05) is 0 Å². The van der Waals surface area contributed by atoms with Crippen LogP contribution < -0.4 is 0 Å². The van der Waals surface area contributed by atoms with E-state index in [2.05, 4.69) is 52.0 Å². The van der Waals surface area contributed by atoms with Crippen molar-refractivity contribution >= 4 is 0 Å². The van der Waals surface area contributed by atoms with Crippen molar-refractivity contribution in [3.8, 4) is 5.75 Å². The number of rotatable bonds is 5. The SMILES string of the molecule is CC(C)(c1ccccc1)c1ccc(O)cc1.CCCCCC. The van der Waals surface area contributed by atoms with E-state index in [-0.39, 0.29) is 5.41 Å². The largest absolute Gasteiger partial charge is 0.508 e. The van der Waals surface area contributed by atoms with Crippen LogP contribution in [0.25, 0.3) is 0 Å². The van der Waals surface area contributed by atoms with Gasteiger partial charge in [0.15, 0.2) is 0 Å². The van der Waals surface area contributed by atoms with Crippen molar-refractivity contribution in [3.05, 3.63) is 65.7 Å². The van der Waals surface area contributed by atoms with Gasteiger partial charge < -0.3 is 5.11 Å². The van der Waals surface area contributed by atoms with E-state index in [4.69, 9.17) is 0 Å². The number of aromatic hydroxyl groups is 1. The minimum Gasteiger partial charge on any atom is -0.508 e. The fourth-order valence-electron chi connectivity index (χ4n) is 2.40. The molecule has 1 N–H and O–H groups in total. The summed E-state index contributed by atoms with van der Waals surface area (Å²) in [5, 5.41) is 9.29. The third-order valence-corrected chi connectivity index (χ3v) is 4.04. The average Bonchev–Trinajstić information content (AvgIpc) is 2.55. The number of unbranched alkanes of at least 4 members (excludes halogenated alkanes) is 3. The molecule has 0 saturated heterocycles. The Morgan fingerprint density at radius 3 is 1.64 bits per heavy atom. The molecule has 0 radical (unpaired) electrons. The zero-order valence-corrected chi connectivity index (χ0v) is 14.5. The predicted octanol–water partition coefficient (Wildman–Crippen LogP) is 6.30. The van der Waals surface area contributed by atoms with Gasteiger partial charge >= 0.3 is 0 Å². The van der Waals surface area contributed by atoms with Gasteiger partial charge in [-0.25, -0.2) is 0 Å². The minimum atomic E-state index is -0.0328. The van der Waals surface area contributed by atoms with E-state index in [1.165, 1.54) is 36.8 Å². The van der Waals surface area contributed by atoms with Crippen LogP contribution >= 0.6 is 0 Å². The Balaban J connectivity index is 0.000000346. The Morgan fingerprint density at radius 2 is 1.18 bits per heavy atom. The lowest BCUT2D eigenvalue weighted by atomic mass is 9.78. The summed E-state index contributed by atoms with van der Waals surface area (Å²) in [4.78, 5) is 0. The predicted molar refractivity (Wildman–Crippen MR) is 96.5 cm³/mol. The monoisotopic (exact) mass is 298 g/mol. The molecule has 22 heavy (non-hydrogen) atoms. The zero-order chi connectivity index (χ0) is 16.4. The standard InChI is InChI=1S/C15H16O.C6H14/c1-15(2,12-6-4-3-5-7-12)13-8-10-14(16)11-9-13;1-3-5-6-4-2/h3-11,16H,1-2H3;3-6H2,1-2H3. The highest BCUT2D eigenvalue weighted by Gasteiger charge is 2.22. The fourth-order valence-corrected chi connectivity index (χ4v) is 2.40. The van der Waals surface area contributed by atoms with Crippen molar-refractivity contribution in [2.45, 2.75) is 58.8 Å². The molecule has 0 aliphatic carbocycles. The molecule has 0 unspecified atom stereocenters. The van der Waals surface area contributed by atoms with Gasteiger partial charge in [0.2, 0.25) is 0 Å². The molecule has 0 aromatic heterocycles. The lowest BCUT2D eigenvalue weighted by molar-refractivity contribution is 0.474. The summed E-state index contributed by atoms with van der Waals surface area (Å²) in [6.45, 7) is 8.84. The van der Waals surface area contributed by atoms with Crippen molar-refractivity contribution in [3.63, 3.8) is 0 Å². The Morgan fingerprint density at radius 1 is 0.727 bits per heavy atom. The van der Waals surface area contributed by atoms with Crippen LogP contribution in [0.3, 0.4) is 0 Å². The maximum Gasteiger partial charge on any atom is 0.115 e. The highest BCUT2D eigenvalue weighted by Crippen LogP contribution is 2.31. The van der Waals surface area contributed by atoms with Gasteiger partial charge in [0.05, 0.1) is 0 Å². The first-order chi connectivity index (χ1) is 10.5. The number of phenolic OH excluding ortho intramolecular Hbond substituents is 1. The third-order valence-electron chi connectivity index (χ3n) is 4.04. The topological polar surface area (TPSA) is 20.2 Å². The molecule has 0 saturated carbocycles. The van der Waals surface area contributed by atoms with E-state index < -0.39 is 0 Å². The zero-order valence-electron chi connectivity index (χ0n) is 14.5. The van der Waals surface area contributed by atoms with Gasteiger partial charge in [0, 0.05) is 5.41 Å². The Bertz CT molecular complexity index is 507. The fraction of sp³-hybridized carbons (Fsp3) is 0.429. The molecule has 0 amide bonds. The Kier molecular flexibility index (Phi) is 7.73. The van der Waals surface area contributed by atoms with Crippen molar-refractivity contribution in [1.82, 2.24) is 0 Å². The summed E-state index contributed by atoms with van der Waals surface area (Å²) in [5.41, 5.74) is 2.45. The minimum absolute atomic E-state index is 0.0328. The second-order valence-electron chi connectivity index (χ2n) is 6.25. The van der Waals surface area contributed by atoms with E-state index in [0.717, 1.165) is 0 Å². The second-order valence-corrected chi connectivity index (χ2v) is 6.25. The highest BCUT2D eigenvalue weighted by atomic mass is 16.3. The molecule has 0 atom stereocenters. The number of hydrogen-bond acceptors (Lipinski definition) is 1. The van der Waals surface area contributed by atoms with Crippen LogP contribution in [0.4, 0.5) is 0 Å². The molecule has 0 spiro atoms. The van der Waals surface area contributed by atoms with Crippen molar-refractivity contribution in [2.24, 2.45) is 0 Å². The second kappa shape index (κ2) is 9.30. The normalized spacial score (nSPS) is 10.7. The molecular weight excluding hydrogens is 268 g/mol. The van der Waals surface area contributed by atoms with Crippen LogP contribution in [0.15, 0.2) is 54.6 Å². The molecule has 0 bridgehead atoms. The Labute approximate surface area is 136 Å². The van der Waals surface area contributed by atoms with E-state index in [0.29, 0.717) is 5.75 Å². The first-order valence-electron chi connectivity index (χ1n) is 8.37.